The highest BCUT2D eigenvalue weighted by molar-refractivity contribution is 8.04. The highest BCUT2D eigenvalue weighted by atomic mass is 35.5. The normalized spacial score (nSPS) is 25.3. The van der Waals surface area contributed by atoms with E-state index in [1.165, 1.54) is 27.1 Å². The molecule has 0 aromatic carbocycles. The maximum Gasteiger partial charge on any atom is 0.352 e. The van der Waals surface area contributed by atoms with Crippen LogP contribution in [0.3, 0.4) is 0 Å². The van der Waals surface area contributed by atoms with Crippen LogP contribution in [-0.2, 0) is 13.6 Å². The monoisotopic (exact) mass is 360 g/mol. The van der Waals surface area contributed by atoms with E-state index >= 15 is 0 Å². The van der Waals surface area contributed by atoms with Gasteiger partial charge in [-0.2, -0.15) is 0 Å². The Balaban J connectivity index is 2.90. The van der Waals surface area contributed by atoms with E-state index in [0.717, 1.165) is 23.3 Å². The summed E-state index contributed by atoms with van der Waals surface area (Å²) in [5, 5.41) is -0.339. The third-order valence-electron chi connectivity index (χ3n) is 3.40. The van der Waals surface area contributed by atoms with E-state index in [4.69, 9.17) is 32.2 Å². The third kappa shape index (κ3) is 4.66. The van der Waals surface area contributed by atoms with Crippen LogP contribution < -0.4 is 0 Å². The highest BCUT2D eigenvalue weighted by Crippen LogP contribution is 2.59. The standard InChI is InChI=1S/C13H23Cl2O3PS/c1-9(2)12(13(15)19(16,17-3)18-4)20-11-8-6-5-7-10(11)14/h10-11,13H,5-8H2,1-4H3/t10-,11-,13?/m1/s1. The average molecular weight is 361 g/mol. The molecule has 0 spiro atoms. The maximum absolute atomic E-state index is 12.5. The van der Waals surface area contributed by atoms with Gasteiger partial charge in [0.1, 0.15) is 0 Å². The maximum atomic E-state index is 12.5. The van der Waals surface area contributed by atoms with Gasteiger partial charge in [-0.3, -0.25) is 4.57 Å². The Kier molecular flexibility index (Phi) is 7.97. The first-order valence-corrected chi connectivity index (χ1v) is 10.1. The summed E-state index contributed by atoms with van der Waals surface area (Å²) in [5.74, 6) is 0. The molecule has 0 aromatic rings. The molecule has 0 aliphatic heterocycles. The SMILES string of the molecule is COP(=O)(OC)C(Cl)C(S[C@@H]1CCCC[C@H]1Cl)=C(C)C. The van der Waals surface area contributed by atoms with Crippen molar-refractivity contribution in [1.29, 1.82) is 0 Å². The minimum atomic E-state index is -3.33. The molecule has 0 aromatic heterocycles. The molecular weight excluding hydrogens is 338 g/mol. The summed E-state index contributed by atoms with van der Waals surface area (Å²) in [7, 11) is -0.608. The lowest BCUT2D eigenvalue weighted by Crippen LogP contribution is -2.23. The van der Waals surface area contributed by atoms with E-state index in [2.05, 4.69) is 0 Å². The van der Waals surface area contributed by atoms with Crippen molar-refractivity contribution in [2.75, 3.05) is 14.2 Å². The Morgan fingerprint density at radius 3 is 2.25 bits per heavy atom. The summed E-state index contributed by atoms with van der Waals surface area (Å²) < 4.78 is 22.5. The number of alkyl halides is 2. The van der Waals surface area contributed by atoms with Crippen molar-refractivity contribution in [3.05, 3.63) is 10.5 Å². The Bertz CT molecular complexity index is 391. The van der Waals surface area contributed by atoms with Crippen LogP contribution in [0.25, 0.3) is 0 Å². The second kappa shape index (κ2) is 8.45. The quantitative estimate of drug-likeness (QED) is 0.455. The van der Waals surface area contributed by atoms with Gasteiger partial charge in [0.25, 0.3) is 0 Å². The van der Waals surface area contributed by atoms with Crippen LogP contribution in [0.1, 0.15) is 39.5 Å². The van der Waals surface area contributed by atoms with Gasteiger partial charge in [-0.1, -0.05) is 18.4 Å². The number of hydrogen-bond donors (Lipinski definition) is 0. The zero-order chi connectivity index (χ0) is 15.3. The number of halogens is 2. The Labute approximate surface area is 136 Å². The number of rotatable bonds is 6. The van der Waals surface area contributed by atoms with E-state index in [1.807, 2.05) is 13.8 Å². The first kappa shape index (κ1) is 18.9. The Morgan fingerprint density at radius 2 is 1.80 bits per heavy atom. The second-order valence-electron chi connectivity index (χ2n) is 5.06. The first-order chi connectivity index (χ1) is 9.35. The number of hydrogen-bond acceptors (Lipinski definition) is 4. The average Bonchev–Trinajstić information content (AvgIpc) is 2.44. The predicted octanol–water partition coefficient (Wildman–Crippen LogP) is 5.61. The van der Waals surface area contributed by atoms with Crippen LogP contribution in [0, 0.1) is 0 Å². The van der Waals surface area contributed by atoms with Crippen molar-refractivity contribution < 1.29 is 13.6 Å². The largest absolute Gasteiger partial charge is 0.352 e. The van der Waals surface area contributed by atoms with Crippen LogP contribution >= 0.6 is 42.6 Å². The first-order valence-electron chi connectivity index (χ1n) is 6.69. The zero-order valence-electron chi connectivity index (χ0n) is 12.4. The Morgan fingerprint density at radius 1 is 1.25 bits per heavy atom. The van der Waals surface area contributed by atoms with E-state index in [0.29, 0.717) is 5.25 Å². The minimum Gasteiger partial charge on any atom is -0.311 e. The summed E-state index contributed by atoms with van der Waals surface area (Å²) in [6.45, 7) is 3.92. The van der Waals surface area contributed by atoms with E-state index < -0.39 is 12.7 Å². The van der Waals surface area contributed by atoms with Gasteiger partial charge in [0, 0.05) is 29.8 Å². The molecule has 1 saturated carbocycles. The molecular formula is C13H23Cl2O3PS. The molecule has 1 fully saturated rings. The number of allylic oxidation sites excluding steroid dienone is 2. The fourth-order valence-corrected chi connectivity index (χ4v) is 6.33. The van der Waals surface area contributed by atoms with Gasteiger partial charge in [0.15, 0.2) is 5.12 Å². The zero-order valence-corrected chi connectivity index (χ0v) is 15.6. The predicted molar refractivity (Wildman–Crippen MR) is 89.1 cm³/mol. The van der Waals surface area contributed by atoms with Crippen LogP contribution in [0.2, 0.25) is 0 Å². The fraction of sp³-hybridized carbons (Fsp3) is 0.846. The lowest BCUT2D eigenvalue weighted by molar-refractivity contribution is 0.276. The molecule has 3 nitrogen and oxygen atoms in total. The molecule has 1 aliphatic rings. The third-order valence-corrected chi connectivity index (χ3v) is 8.90. The van der Waals surface area contributed by atoms with Crippen LogP contribution in [0.4, 0.5) is 0 Å². The van der Waals surface area contributed by atoms with E-state index in [1.54, 1.807) is 11.8 Å². The molecule has 1 unspecified atom stereocenters. The van der Waals surface area contributed by atoms with Crippen LogP contribution in [-0.4, -0.2) is 30.0 Å². The molecule has 0 radical (unpaired) electrons. The second-order valence-corrected chi connectivity index (χ2v) is 9.97. The topological polar surface area (TPSA) is 35.5 Å². The van der Waals surface area contributed by atoms with Gasteiger partial charge < -0.3 is 9.05 Å². The van der Waals surface area contributed by atoms with Gasteiger partial charge in [0.05, 0.1) is 0 Å². The van der Waals surface area contributed by atoms with Gasteiger partial charge >= 0.3 is 7.60 Å². The van der Waals surface area contributed by atoms with Crippen molar-refractivity contribution in [3.63, 3.8) is 0 Å². The summed E-state index contributed by atoms with van der Waals surface area (Å²) >= 11 is 14.4. The molecule has 118 valence electrons. The fourth-order valence-electron chi connectivity index (χ4n) is 2.16. The lowest BCUT2D eigenvalue weighted by Gasteiger charge is -2.30. The molecule has 0 saturated heterocycles. The molecule has 7 heteroatoms. The van der Waals surface area contributed by atoms with Crippen molar-refractivity contribution in [3.8, 4) is 0 Å². The van der Waals surface area contributed by atoms with Crippen molar-refractivity contribution in [1.82, 2.24) is 0 Å². The van der Waals surface area contributed by atoms with Gasteiger partial charge in [0.2, 0.25) is 0 Å². The molecule has 20 heavy (non-hydrogen) atoms. The van der Waals surface area contributed by atoms with Gasteiger partial charge in [-0.25, -0.2) is 0 Å². The van der Waals surface area contributed by atoms with E-state index in [-0.39, 0.29) is 5.38 Å². The smallest absolute Gasteiger partial charge is 0.311 e. The van der Waals surface area contributed by atoms with Crippen LogP contribution in [0.5, 0.6) is 0 Å². The summed E-state index contributed by atoms with van der Waals surface area (Å²) in [6, 6.07) is 0. The summed E-state index contributed by atoms with van der Waals surface area (Å²) in [4.78, 5) is 0.858. The van der Waals surface area contributed by atoms with Gasteiger partial charge in [-0.15, -0.1) is 35.0 Å². The van der Waals surface area contributed by atoms with E-state index in [9.17, 15) is 4.57 Å². The molecule has 0 amide bonds. The van der Waals surface area contributed by atoms with Crippen molar-refractivity contribution >= 4 is 42.6 Å². The molecule has 0 heterocycles. The molecule has 1 rings (SSSR count). The molecule has 1 aliphatic carbocycles. The minimum absolute atomic E-state index is 0.136. The number of thioether (sulfide) groups is 1. The molecule has 0 N–H and O–H groups in total. The lowest BCUT2D eigenvalue weighted by atomic mass is 10.00. The summed E-state index contributed by atoms with van der Waals surface area (Å²) in [6.07, 6.45) is 4.43. The highest BCUT2D eigenvalue weighted by Gasteiger charge is 2.38. The summed E-state index contributed by atoms with van der Waals surface area (Å²) in [5.41, 5.74) is 1.03. The van der Waals surface area contributed by atoms with Crippen LogP contribution in [0.15, 0.2) is 10.5 Å². The molecule has 0 bridgehead atoms. The van der Waals surface area contributed by atoms with Crippen molar-refractivity contribution in [2.24, 2.45) is 0 Å². The molecule has 3 atom stereocenters. The Hall–Kier alpha value is 0.820. The van der Waals surface area contributed by atoms with Gasteiger partial charge in [-0.05, 0) is 26.7 Å². The van der Waals surface area contributed by atoms with Crippen molar-refractivity contribution in [2.45, 2.75) is 55.3 Å².